The van der Waals surface area contributed by atoms with Gasteiger partial charge in [-0.25, -0.2) is 15.0 Å². The normalized spacial score (nSPS) is 11.4. The van der Waals surface area contributed by atoms with Gasteiger partial charge in [0.1, 0.15) is 21.6 Å². The van der Waals surface area contributed by atoms with Gasteiger partial charge < -0.3 is 39.7 Å². The van der Waals surface area contributed by atoms with Gasteiger partial charge in [0.05, 0.1) is 44.2 Å². The second kappa shape index (κ2) is 65.8. The molecule has 6 unspecified atom stereocenters. The quantitative estimate of drug-likeness (QED) is 0.0406. The third-order valence-electron chi connectivity index (χ3n) is 19.2. The smallest absolute Gasteiger partial charge is 0.657 e. The van der Waals surface area contributed by atoms with Crippen LogP contribution in [0.3, 0.4) is 0 Å². The molecular weight excluding hydrogens is 2660 g/mol. The van der Waals surface area contributed by atoms with Gasteiger partial charge in [0.15, 0.2) is 0 Å². The SMILES string of the molecule is CCC1=C(CC)c2cc3[n-]c(cc4nc(cc5[n-]c(cc1n2)c(CC)c5CC)C(CC)=C4CC)c(CC)c3CC.Oc1ccccc1-c1nc2ccccc2s1.Oc1ccccc1C1=NCCS1.PPPPPP.[BH]n1nc(C)cc1C.[Eu].[Ir+3].[Ir].[Pt+2].[Y].[Y].[Y].[Zn].[c-]1ccccc1-c1ccccn1.[c-]1ccccc1-c1ccccn1.[c-]1ccccc1-c1ccccn1. The summed E-state index contributed by atoms with van der Waals surface area (Å²) in [7, 11) is 13.9. The van der Waals surface area contributed by atoms with E-state index in [1.807, 2.05) is 208 Å². The van der Waals surface area contributed by atoms with Crippen LogP contribution in [-0.4, -0.2) is 75.1 Å². The van der Waals surface area contributed by atoms with Gasteiger partial charge in [-0.2, -0.15) is 5.10 Å². The molecule has 6 radical (unpaired) electrons. The number of hydrogen-bond donors (Lipinski definition) is 2. The van der Waals surface area contributed by atoms with E-state index in [1.54, 1.807) is 58.4 Å². The molecule has 0 fully saturated rings. The van der Waals surface area contributed by atoms with Crippen molar-refractivity contribution in [3.63, 3.8) is 0 Å². The molecule has 3 aliphatic rings. The van der Waals surface area contributed by atoms with E-state index in [9.17, 15) is 10.2 Å². The molecule has 11 heterocycles. The number of rotatable bonds is 16. The van der Waals surface area contributed by atoms with E-state index in [2.05, 4.69) is 154 Å². The summed E-state index contributed by atoms with van der Waals surface area (Å²) in [5.74, 6) is 1.64. The molecule has 6 aromatic carbocycles. The van der Waals surface area contributed by atoms with Crippen LogP contribution in [0.4, 0.5) is 0 Å². The Hall–Kier alpha value is -1.76. The topological polar surface area (TPSA) is 176 Å². The number of aromatic hydroxyl groups is 2. The molecule has 17 rings (SSSR count). The van der Waals surface area contributed by atoms with Crippen molar-refractivity contribution in [3.8, 4) is 55.8 Å². The van der Waals surface area contributed by atoms with Gasteiger partial charge in [0.25, 0.3) is 7.98 Å². The number of benzene rings is 6. The van der Waals surface area contributed by atoms with Crippen LogP contribution in [0.25, 0.3) is 98.9 Å². The van der Waals surface area contributed by atoms with Gasteiger partial charge in [-0.15, -0.1) is 171 Å². The number of phenolic OH excluding ortho intramolecular Hbond substituents is 2. The van der Waals surface area contributed by atoms with Gasteiger partial charge in [-0.05, 0) is 165 Å². The van der Waals surface area contributed by atoms with Crippen LogP contribution in [0, 0.1) is 81.4 Å². The first kappa shape index (κ1) is 120. The van der Waals surface area contributed by atoms with Crippen LogP contribution < -0.4 is 9.97 Å². The van der Waals surface area contributed by atoms with E-state index >= 15 is 0 Å². The maximum Gasteiger partial charge on any atom is 3.00 e. The van der Waals surface area contributed by atoms with Crippen molar-refractivity contribution in [2.75, 3.05) is 12.3 Å². The van der Waals surface area contributed by atoms with Gasteiger partial charge in [0.2, 0.25) is 0 Å². The summed E-state index contributed by atoms with van der Waals surface area (Å²) in [6.07, 6.45) is 13.0. The first-order valence-corrected chi connectivity index (χ1v) is 52.2. The molecule has 3 aliphatic heterocycles. The molecule has 2 N–H and O–H groups in total. The van der Waals surface area contributed by atoms with Gasteiger partial charge in [-0.3, -0.25) is 4.99 Å². The number of fused-ring (bicyclic) bond motifs is 9. The van der Waals surface area contributed by atoms with Crippen LogP contribution in [0.1, 0.15) is 143 Å². The molecule has 13 nitrogen and oxygen atoms in total. The molecule has 14 aromatic rings. The molecule has 30 heteroatoms. The number of para-hydroxylation sites is 3. The number of nitrogens with zero attached hydrogens (tertiary/aromatic N) is 11. The monoisotopic (exact) mass is 2770 g/mol. The Morgan fingerprint density at radius 3 is 1.08 bits per heavy atom. The fourth-order valence-electron chi connectivity index (χ4n) is 13.7. The Kier molecular flexibility index (Phi) is 62.9. The standard InChI is InChI=1S/C36H44N4.C13H9NOS.3C11H8N.C9H9NOS.C5H8BN2.Eu.2Ir.H8P6.Pt.3Y.Zn/c1-9-21-22(10-2)30-18-32-25(13-5)26(14-6)34(39-32)20-36-28(16-8)27(15-7)35(40-36)19-33-24(12-4)23(11-3)31(38-33)17-29(21)37-30;15-11-7-3-1-5-9(11)13-14-10-6-2-4-8-12(10)16-13;3*1-2-6-10(7-3-1)11-8-4-5-9-12-11;11-8-4-2-1-3-7(8)9-10-5-6-12-9;1-4-3-5(2)8(6)7-4;;;;1-3-5-6-4-2;;;;;/h17-20H,9-16H2,1-8H3;1-8,15H;3*1-6,8-9H;1-4,11H,5-6H2;3,6H,1-2H3;;;;3-6H,1-2H2;;;;;/q-2;;3*-1;;;;;+3;;+2;;;;. The van der Waals surface area contributed by atoms with E-state index < -0.39 is 0 Å². The van der Waals surface area contributed by atoms with Gasteiger partial charge in [-0.1, -0.05) is 207 Å². The van der Waals surface area contributed by atoms with Gasteiger partial charge in [0, 0.05) is 229 Å². The minimum Gasteiger partial charge on any atom is -0.657 e. The second-order valence-corrected chi connectivity index (χ2v) is 42.9. The Morgan fingerprint density at radius 2 is 0.802 bits per heavy atom. The van der Waals surface area contributed by atoms with Crippen molar-refractivity contribution < 1.29 is 238 Å². The van der Waals surface area contributed by atoms with Crippen molar-refractivity contribution >= 4 is 140 Å². The molecular formula is C96H102BEuIr2N11O2P6PtS2Y3Zn. The summed E-state index contributed by atoms with van der Waals surface area (Å²) in [5.41, 5.74) is 29.9. The zero-order chi connectivity index (χ0) is 83.6. The minimum absolute atomic E-state index is 0. The van der Waals surface area contributed by atoms with Crippen molar-refractivity contribution in [1.29, 1.82) is 0 Å². The number of phenols is 2. The van der Waals surface area contributed by atoms with Crippen LogP contribution in [0.5, 0.6) is 11.5 Å². The first-order chi connectivity index (χ1) is 57.7. The number of aryl methyl sites for hydroxylation is 6. The maximum atomic E-state index is 9.76. The Bertz CT molecular complexity index is 5250. The molecule has 0 saturated carbocycles. The first-order valence-electron chi connectivity index (χ1n) is 39.8. The average Bonchev–Trinajstić information content (AvgIpc) is 1.61. The number of aliphatic imine (C=N–C) groups is 1. The summed E-state index contributed by atoms with van der Waals surface area (Å²) in [4.78, 5) is 42.5. The molecule has 644 valence electrons. The van der Waals surface area contributed by atoms with E-state index in [-0.39, 0.29) is 234 Å². The van der Waals surface area contributed by atoms with E-state index in [0.717, 1.165) is 201 Å². The van der Waals surface area contributed by atoms with Crippen molar-refractivity contribution in [3.05, 3.63) is 329 Å². The fourth-order valence-corrected chi connectivity index (χ4v) is 33.0. The number of pyridine rings is 3. The van der Waals surface area contributed by atoms with Crippen LogP contribution >= 0.6 is 72.8 Å². The van der Waals surface area contributed by atoms with Crippen molar-refractivity contribution in [2.24, 2.45) is 4.99 Å². The fraction of sp³-hybridized carbons (Fsp3) is 0.208. The third-order valence-corrected chi connectivity index (χ3v) is 37.9. The number of hydrogen-bond acceptors (Lipinski definition) is 12. The Morgan fingerprint density at radius 1 is 0.452 bits per heavy atom. The summed E-state index contributed by atoms with van der Waals surface area (Å²) in [6, 6.07) is 84.0. The molecule has 0 saturated heterocycles. The van der Waals surface area contributed by atoms with E-state index in [1.165, 1.54) is 60.5 Å². The van der Waals surface area contributed by atoms with Crippen molar-refractivity contribution in [1.82, 2.24) is 49.6 Å². The molecule has 0 amide bonds. The molecule has 0 aliphatic carbocycles. The zero-order valence-corrected chi connectivity index (χ0v) is 101. The van der Waals surface area contributed by atoms with E-state index in [4.69, 9.17) is 19.9 Å². The predicted molar refractivity (Wildman–Crippen MR) is 522 cm³/mol. The zero-order valence-electron chi connectivity index (χ0n) is 72.5. The molecule has 8 aromatic heterocycles. The summed E-state index contributed by atoms with van der Waals surface area (Å²) in [5, 5.41) is 25.1. The summed E-state index contributed by atoms with van der Waals surface area (Å²) in [6.45, 7) is 22.7. The predicted octanol–water partition coefficient (Wildman–Crippen LogP) is 25.7. The maximum absolute atomic E-state index is 9.76. The number of allylic oxidation sites excluding steroid dienone is 4. The van der Waals surface area contributed by atoms with E-state index in [0.29, 0.717) is 5.75 Å². The average molecular weight is 2770 g/mol. The van der Waals surface area contributed by atoms with Gasteiger partial charge >= 0.3 is 41.2 Å². The molecule has 6 atom stereocenters. The Balaban J connectivity index is 0.000000525. The number of thioether (sulfide) groups is 1. The molecule has 8 bridgehead atoms. The Labute approximate surface area is 937 Å². The minimum atomic E-state index is 0. The number of thiazole rings is 1. The number of aromatic nitrogens is 10. The largest absolute Gasteiger partial charge is 3.00 e. The van der Waals surface area contributed by atoms with Crippen molar-refractivity contribution in [2.45, 2.75) is 121 Å². The van der Waals surface area contributed by atoms with Crippen LogP contribution in [-0.2, 0) is 205 Å². The van der Waals surface area contributed by atoms with Crippen LogP contribution in [0.15, 0.2) is 254 Å². The summed E-state index contributed by atoms with van der Waals surface area (Å²) < 4.78 is 2.76. The molecule has 126 heavy (non-hydrogen) atoms. The van der Waals surface area contributed by atoms with Crippen LogP contribution in [0.2, 0.25) is 0 Å². The molecule has 0 spiro atoms. The summed E-state index contributed by atoms with van der Waals surface area (Å²) >= 11 is 3.29. The third kappa shape index (κ3) is 35.4. The second-order valence-electron chi connectivity index (χ2n) is 26.8.